The molecule has 0 aliphatic rings. The molecule has 0 bridgehead atoms. The fourth-order valence-corrected chi connectivity index (χ4v) is 1.89. The molecule has 0 unspecified atom stereocenters. The Morgan fingerprint density at radius 3 is 2.74 bits per heavy atom. The Balaban J connectivity index is 2.25. The van der Waals surface area contributed by atoms with Crippen LogP contribution in [0.3, 0.4) is 0 Å². The van der Waals surface area contributed by atoms with E-state index in [9.17, 15) is 4.79 Å². The third-order valence-corrected chi connectivity index (χ3v) is 2.80. The standard InChI is InChI=1S/C13H9N5O/c1-8-16-12-11(13(19)17-8)7-15-18(12)10-4-2-9(6-14)3-5-10/h2-5,7H,1H3,(H,16,17,19). The van der Waals surface area contributed by atoms with Crippen molar-refractivity contribution in [2.45, 2.75) is 6.92 Å². The summed E-state index contributed by atoms with van der Waals surface area (Å²) in [4.78, 5) is 18.7. The fourth-order valence-electron chi connectivity index (χ4n) is 1.89. The predicted octanol–water partition coefficient (Wildman–Crippen LogP) is 1.29. The topological polar surface area (TPSA) is 87.4 Å². The Hall–Kier alpha value is -2.94. The van der Waals surface area contributed by atoms with Gasteiger partial charge in [-0.15, -0.1) is 0 Å². The van der Waals surface area contributed by atoms with Gasteiger partial charge in [-0.2, -0.15) is 10.4 Å². The monoisotopic (exact) mass is 251 g/mol. The van der Waals surface area contributed by atoms with Crippen molar-refractivity contribution in [2.24, 2.45) is 0 Å². The van der Waals surface area contributed by atoms with Gasteiger partial charge in [0.2, 0.25) is 0 Å². The summed E-state index contributed by atoms with van der Waals surface area (Å²) in [6, 6.07) is 8.98. The third-order valence-electron chi connectivity index (χ3n) is 2.80. The summed E-state index contributed by atoms with van der Waals surface area (Å²) in [5.74, 6) is 0.535. The predicted molar refractivity (Wildman–Crippen MR) is 68.9 cm³/mol. The summed E-state index contributed by atoms with van der Waals surface area (Å²) in [5.41, 5.74) is 1.63. The molecule has 0 saturated heterocycles. The average Bonchev–Trinajstić information content (AvgIpc) is 2.83. The number of H-pyrrole nitrogens is 1. The highest BCUT2D eigenvalue weighted by atomic mass is 16.1. The summed E-state index contributed by atoms with van der Waals surface area (Å²) in [7, 11) is 0. The Morgan fingerprint density at radius 2 is 2.05 bits per heavy atom. The lowest BCUT2D eigenvalue weighted by atomic mass is 10.2. The molecule has 6 nitrogen and oxygen atoms in total. The lowest BCUT2D eigenvalue weighted by Crippen LogP contribution is -2.10. The minimum absolute atomic E-state index is 0.206. The second-order valence-corrected chi connectivity index (χ2v) is 4.10. The van der Waals surface area contributed by atoms with Crippen molar-refractivity contribution in [3.63, 3.8) is 0 Å². The molecule has 0 saturated carbocycles. The van der Waals surface area contributed by atoms with Crippen LogP contribution < -0.4 is 5.56 Å². The van der Waals surface area contributed by atoms with Crippen molar-refractivity contribution in [3.8, 4) is 11.8 Å². The van der Waals surface area contributed by atoms with Gasteiger partial charge in [0.15, 0.2) is 5.65 Å². The van der Waals surface area contributed by atoms with Crippen LogP contribution in [0.25, 0.3) is 16.7 Å². The summed E-state index contributed by atoms with van der Waals surface area (Å²) in [6.45, 7) is 1.72. The molecule has 1 N–H and O–H groups in total. The molecule has 0 atom stereocenters. The van der Waals surface area contributed by atoms with Crippen LogP contribution in [0.2, 0.25) is 0 Å². The molecule has 0 radical (unpaired) electrons. The second-order valence-electron chi connectivity index (χ2n) is 4.10. The van der Waals surface area contributed by atoms with Crippen molar-refractivity contribution in [1.82, 2.24) is 19.7 Å². The zero-order chi connectivity index (χ0) is 13.4. The van der Waals surface area contributed by atoms with Gasteiger partial charge in [0.05, 0.1) is 23.5 Å². The molecule has 0 aliphatic carbocycles. The molecule has 0 aliphatic heterocycles. The third kappa shape index (κ3) is 1.77. The highest BCUT2D eigenvalue weighted by Gasteiger charge is 2.09. The molecule has 2 aromatic heterocycles. The number of fused-ring (bicyclic) bond motifs is 1. The Labute approximate surface area is 108 Å². The van der Waals surface area contributed by atoms with Crippen LogP contribution in [-0.2, 0) is 0 Å². The first kappa shape index (κ1) is 11.2. The van der Waals surface area contributed by atoms with Crippen LogP contribution in [0.4, 0.5) is 0 Å². The number of nitriles is 1. The van der Waals surface area contributed by atoms with Gasteiger partial charge in [-0.1, -0.05) is 0 Å². The van der Waals surface area contributed by atoms with Crippen LogP contribution in [0.5, 0.6) is 0 Å². The maximum atomic E-state index is 11.8. The number of benzene rings is 1. The van der Waals surface area contributed by atoms with Gasteiger partial charge in [0.25, 0.3) is 5.56 Å². The molecule has 0 fully saturated rings. The first-order valence-electron chi connectivity index (χ1n) is 5.64. The molecule has 6 heteroatoms. The largest absolute Gasteiger partial charge is 0.310 e. The Bertz CT molecular complexity index is 851. The Kier molecular flexibility index (Phi) is 2.39. The van der Waals surface area contributed by atoms with E-state index >= 15 is 0 Å². The van der Waals surface area contributed by atoms with E-state index in [1.54, 1.807) is 35.9 Å². The average molecular weight is 251 g/mol. The van der Waals surface area contributed by atoms with E-state index in [-0.39, 0.29) is 5.56 Å². The zero-order valence-corrected chi connectivity index (χ0v) is 10.1. The quantitative estimate of drug-likeness (QED) is 0.705. The number of aromatic nitrogens is 4. The SMILES string of the molecule is Cc1nc2c(cnn2-c2ccc(C#N)cc2)c(=O)[nH]1. The molecule has 2 heterocycles. The molecular weight excluding hydrogens is 242 g/mol. The lowest BCUT2D eigenvalue weighted by molar-refractivity contribution is 0.888. The molecule has 92 valence electrons. The van der Waals surface area contributed by atoms with Gasteiger partial charge < -0.3 is 4.98 Å². The van der Waals surface area contributed by atoms with Crippen molar-refractivity contribution >= 4 is 11.0 Å². The molecule has 3 rings (SSSR count). The van der Waals surface area contributed by atoms with E-state index in [1.165, 1.54) is 6.20 Å². The molecular formula is C13H9N5O. The van der Waals surface area contributed by atoms with Crippen molar-refractivity contribution in [1.29, 1.82) is 5.26 Å². The molecule has 0 spiro atoms. The number of hydrogen-bond acceptors (Lipinski definition) is 4. The minimum atomic E-state index is -0.206. The number of nitrogens with zero attached hydrogens (tertiary/aromatic N) is 4. The van der Waals surface area contributed by atoms with Gasteiger partial charge in [-0.3, -0.25) is 4.79 Å². The molecule has 19 heavy (non-hydrogen) atoms. The van der Waals surface area contributed by atoms with E-state index in [0.717, 1.165) is 5.69 Å². The van der Waals surface area contributed by atoms with Crippen molar-refractivity contribution in [2.75, 3.05) is 0 Å². The van der Waals surface area contributed by atoms with Gasteiger partial charge in [-0.05, 0) is 31.2 Å². The number of aromatic amines is 1. The summed E-state index contributed by atoms with van der Waals surface area (Å²) in [6.07, 6.45) is 1.48. The summed E-state index contributed by atoms with van der Waals surface area (Å²) >= 11 is 0. The maximum absolute atomic E-state index is 11.8. The van der Waals surface area contributed by atoms with Gasteiger partial charge in [0, 0.05) is 0 Å². The van der Waals surface area contributed by atoms with Gasteiger partial charge >= 0.3 is 0 Å². The van der Waals surface area contributed by atoms with Crippen LogP contribution in [0.15, 0.2) is 35.3 Å². The summed E-state index contributed by atoms with van der Waals surface area (Å²) in [5, 5.41) is 13.4. The number of hydrogen-bond donors (Lipinski definition) is 1. The van der Waals surface area contributed by atoms with E-state index in [0.29, 0.717) is 22.4 Å². The normalized spacial score (nSPS) is 10.5. The van der Waals surface area contributed by atoms with E-state index in [2.05, 4.69) is 21.1 Å². The zero-order valence-electron chi connectivity index (χ0n) is 10.1. The van der Waals surface area contributed by atoms with Gasteiger partial charge in [-0.25, -0.2) is 9.67 Å². The van der Waals surface area contributed by atoms with Gasteiger partial charge in [0.1, 0.15) is 11.2 Å². The van der Waals surface area contributed by atoms with E-state index in [1.807, 2.05) is 0 Å². The summed E-state index contributed by atoms with van der Waals surface area (Å²) < 4.78 is 1.58. The van der Waals surface area contributed by atoms with E-state index in [4.69, 9.17) is 5.26 Å². The lowest BCUT2D eigenvalue weighted by Gasteiger charge is -2.02. The first-order chi connectivity index (χ1) is 9.19. The number of nitrogens with one attached hydrogen (secondary N) is 1. The second kappa shape index (κ2) is 4.07. The van der Waals surface area contributed by atoms with E-state index < -0.39 is 0 Å². The fraction of sp³-hybridized carbons (Fsp3) is 0.0769. The van der Waals surface area contributed by atoms with Crippen LogP contribution in [-0.4, -0.2) is 19.7 Å². The number of rotatable bonds is 1. The van der Waals surface area contributed by atoms with Crippen LogP contribution in [0, 0.1) is 18.3 Å². The molecule has 0 amide bonds. The van der Waals surface area contributed by atoms with Crippen molar-refractivity contribution < 1.29 is 0 Å². The minimum Gasteiger partial charge on any atom is -0.310 e. The number of aryl methyl sites for hydroxylation is 1. The van der Waals surface area contributed by atoms with Crippen LogP contribution in [0.1, 0.15) is 11.4 Å². The highest BCUT2D eigenvalue weighted by Crippen LogP contribution is 2.14. The van der Waals surface area contributed by atoms with Crippen molar-refractivity contribution in [3.05, 3.63) is 52.2 Å². The molecule has 3 aromatic rings. The smallest absolute Gasteiger partial charge is 0.262 e. The first-order valence-corrected chi connectivity index (χ1v) is 5.64. The maximum Gasteiger partial charge on any atom is 0.262 e. The van der Waals surface area contributed by atoms with Crippen LogP contribution >= 0.6 is 0 Å². The highest BCUT2D eigenvalue weighted by molar-refractivity contribution is 5.75. The Morgan fingerprint density at radius 1 is 1.32 bits per heavy atom. The molecule has 1 aromatic carbocycles.